The van der Waals surface area contributed by atoms with E-state index in [1.807, 2.05) is 20.8 Å². The highest BCUT2D eigenvalue weighted by atomic mass is 16.6. The quantitative estimate of drug-likeness (QED) is 0.746. The highest BCUT2D eigenvalue weighted by Gasteiger charge is 2.30. The minimum absolute atomic E-state index is 0.212. The largest absolute Gasteiger partial charge is 0.444 e. The second kappa shape index (κ2) is 5.04. The van der Waals surface area contributed by atoms with E-state index in [-0.39, 0.29) is 12.7 Å². The minimum atomic E-state index is -0.436. The Hall–Kier alpha value is -0.770. The number of aliphatic hydroxyl groups is 1. The van der Waals surface area contributed by atoms with Crippen LogP contribution >= 0.6 is 0 Å². The first kappa shape index (κ1) is 13.3. The molecule has 0 radical (unpaired) electrons. The van der Waals surface area contributed by atoms with Crippen molar-refractivity contribution in [2.45, 2.75) is 39.7 Å². The van der Waals surface area contributed by atoms with Gasteiger partial charge in [0, 0.05) is 19.7 Å². The molecule has 1 saturated heterocycles. The Balaban J connectivity index is 2.48. The summed E-state index contributed by atoms with van der Waals surface area (Å²) in [7, 11) is 0. The van der Waals surface area contributed by atoms with Crippen LogP contribution in [0.1, 0.15) is 34.1 Å². The average Bonchev–Trinajstić information content (AvgIpc) is 2.15. The summed E-state index contributed by atoms with van der Waals surface area (Å²) in [6, 6.07) is 0. The summed E-state index contributed by atoms with van der Waals surface area (Å²) >= 11 is 0. The van der Waals surface area contributed by atoms with Crippen LogP contribution in [0.4, 0.5) is 4.79 Å². The number of aliphatic hydroxyl groups excluding tert-OH is 1. The van der Waals surface area contributed by atoms with Crippen molar-refractivity contribution in [3.8, 4) is 0 Å². The number of carbonyl (C=O) groups excluding carboxylic acids is 1. The van der Waals surface area contributed by atoms with Crippen molar-refractivity contribution in [1.82, 2.24) is 4.90 Å². The molecule has 1 amide bonds. The Morgan fingerprint density at radius 1 is 1.50 bits per heavy atom. The lowest BCUT2D eigenvalue weighted by atomic mass is 9.88. The van der Waals surface area contributed by atoms with Crippen LogP contribution in [0.25, 0.3) is 0 Å². The highest BCUT2D eigenvalue weighted by molar-refractivity contribution is 5.68. The summed E-state index contributed by atoms with van der Waals surface area (Å²) in [4.78, 5) is 13.5. The topological polar surface area (TPSA) is 49.8 Å². The second-order valence-electron chi connectivity index (χ2n) is 5.63. The lowest BCUT2D eigenvalue weighted by molar-refractivity contribution is 0.00695. The lowest BCUT2D eigenvalue weighted by Gasteiger charge is -2.36. The average molecular weight is 229 g/mol. The van der Waals surface area contributed by atoms with Gasteiger partial charge in [-0.25, -0.2) is 4.79 Å². The standard InChI is InChI=1S/C12H23NO3/c1-9-7-13(6-5-10(9)8-14)11(15)16-12(2,3)4/h9-10,14H,5-8H2,1-4H3. The van der Waals surface area contributed by atoms with Crippen LogP contribution in [0.15, 0.2) is 0 Å². The number of rotatable bonds is 1. The number of piperidine rings is 1. The molecule has 4 nitrogen and oxygen atoms in total. The Labute approximate surface area is 97.6 Å². The summed E-state index contributed by atoms with van der Waals surface area (Å²) in [6.45, 7) is 9.25. The molecule has 0 aromatic heterocycles. The van der Waals surface area contributed by atoms with E-state index >= 15 is 0 Å². The predicted molar refractivity (Wildman–Crippen MR) is 62.2 cm³/mol. The summed E-state index contributed by atoms with van der Waals surface area (Å²) in [5.74, 6) is 0.657. The van der Waals surface area contributed by atoms with Crippen LogP contribution in [0.5, 0.6) is 0 Å². The maximum absolute atomic E-state index is 11.8. The Morgan fingerprint density at radius 2 is 2.12 bits per heavy atom. The summed E-state index contributed by atoms with van der Waals surface area (Å²) < 4.78 is 5.32. The molecule has 0 aromatic carbocycles. The fraction of sp³-hybridized carbons (Fsp3) is 0.917. The third-order valence-corrected chi connectivity index (χ3v) is 2.97. The minimum Gasteiger partial charge on any atom is -0.444 e. The fourth-order valence-electron chi connectivity index (χ4n) is 1.96. The van der Waals surface area contributed by atoms with Crippen LogP contribution in [0, 0.1) is 11.8 Å². The molecule has 0 aromatic rings. The van der Waals surface area contributed by atoms with E-state index in [1.54, 1.807) is 4.90 Å². The normalized spacial score (nSPS) is 26.7. The van der Waals surface area contributed by atoms with E-state index in [9.17, 15) is 4.79 Å². The van der Waals surface area contributed by atoms with Gasteiger partial charge >= 0.3 is 6.09 Å². The molecule has 1 heterocycles. The van der Waals surface area contributed by atoms with E-state index in [2.05, 4.69) is 6.92 Å². The Morgan fingerprint density at radius 3 is 2.56 bits per heavy atom. The van der Waals surface area contributed by atoms with E-state index in [0.717, 1.165) is 6.42 Å². The molecule has 16 heavy (non-hydrogen) atoms. The van der Waals surface area contributed by atoms with Crippen molar-refractivity contribution in [1.29, 1.82) is 0 Å². The third-order valence-electron chi connectivity index (χ3n) is 2.97. The van der Waals surface area contributed by atoms with Crippen LogP contribution in [0.3, 0.4) is 0 Å². The molecule has 94 valence electrons. The van der Waals surface area contributed by atoms with Gasteiger partial charge in [-0.1, -0.05) is 6.92 Å². The molecule has 1 rings (SSSR count). The molecule has 1 N–H and O–H groups in total. The molecular formula is C12H23NO3. The molecule has 1 aliphatic rings. The zero-order valence-corrected chi connectivity index (χ0v) is 10.7. The predicted octanol–water partition coefficient (Wildman–Crippen LogP) is 1.87. The maximum Gasteiger partial charge on any atom is 0.410 e. The van der Waals surface area contributed by atoms with Crippen molar-refractivity contribution in [2.75, 3.05) is 19.7 Å². The molecule has 2 atom stereocenters. The van der Waals surface area contributed by atoms with Gasteiger partial charge in [0.25, 0.3) is 0 Å². The van der Waals surface area contributed by atoms with Gasteiger partial charge in [0.2, 0.25) is 0 Å². The number of hydrogen-bond donors (Lipinski definition) is 1. The molecule has 0 bridgehead atoms. The lowest BCUT2D eigenvalue weighted by Crippen LogP contribution is -2.45. The van der Waals surface area contributed by atoms with Gasteiger partial charge in [-0.2, -0.15) is 0 Å². The zero-order chi connectivity index (χ0) is 12.3. The van der Waals surface area contributed by atoms with Crippen molar-refractivity contribution in [3.05, 3.63) is 0 Å². The summed E-state index contributed by atoms with van der Waals surface area (Å²) in [6.07, 6.45) is 0.618. The van der Waals surface area contributed by atoms with Crippen LogP contribution in [0.2, 0.25) is 0 Å². The number of carbonyl (C=O) groups is 1. The van der Waals surface area contributed by atoms with Crippen molar-refractivity contribution in [2.24, 2.45) is 11.8 Å². The van der Waals surface area contributed by atoms with E-state index in [0.29, 0.717) is 24.9 Å². The van der Waals surface area contributed by atoms with Gasteiger partial charge in [0.15, 0.2) is 0 Å². The number of ether oxygens (including phenoxy) is 1. The SMILES string of the molecule is CC1CN(C(=O)OC(C)(C)C)CCC1CO. The first-order chi connectivity index (χ1) is 7.33. The second-order valence-corrected chi connectivity index (χ2v) is 5.63. The number of amides is 1. The van der Waals surface area contributed by atoms with Gasteiger partial charge in [-0.3, -0.25) is 0 Å². The molecule has 0 saturated carbocycles. The van der Waals surface area contributed by atoms with Gasteiger partial charge < -0.3 is 14.7 Å². The first-order valence-electron chi connectivity index (χ1n) is 5.92. The van der Waals surface area contributed by atoms with Crippen molar-refractivity contribution in [3.63, 3.8) is 0 Å². The van der Waals surface area contributed by atoms with Gasteiger partial charge in [-0.15, -0.1) is 0 Å². The smallest absolute Gasteiger partial charge is 0.410 e. The number of hydrogen-bond acceptors (Lipinski definition) is 3. The number of likely N-dealkylation sites (tertiary alicyclic amines) is 1. The van der Waals surface area contributed by atoms with E-state index in [1.165, 1.54) is 0 Å². The monoisotopic (exact) mass is 229 g/mol. The fourth-order valence-corrected chi connectivity index (χ4v) is 1.96. The summed E-state index contributed by atoms with van der Waals surface area (Å²) in [5, 5.41) is 9.14. The first-order valence-corrected chi connectivity index (χ1v) is 5.92. The molecular weight excluding hydrogens is 206 g/mol. The molecule has 0 spiro atoms. The molecule has 0 aliphatic carbocycles. The molecule has 2 unspecified atom stereocenters. The van der Waals surface area contributed by atoms with E-state index in [4.69, 9.17) is 9.84 Å². The van der Waals surface area contributed by atoms with Crippen LogP contribution < -0.4 is 0 Å². The van der Waals surface area contributed by atoms with Crippen molar-refractivity contribution < 1.29 is 14.6 Å². The maximum atomic E-state index is 11.8. The van der Waals surface area contributed by atoms with Gasteiger partial charge in [-0.05, 0) is 39.0 Å². The van der Waals surface area contributed by atoms with Crippen LogP contribution in [-0.4, -0.2) is 41.4 Å². The zero-order valence-electron chi connectivity index (χ0n) is 10.7. The third kappa shape index (κ3) is 3.67. The Bertz CT molecular complexity index is 247. The van der Waals surface area contributed by atoms with Gasteiger partial charge in [0.1, 0.15) is 5.60 Å². The van der Waals surface area contributed by atoms with E-state index < -0.39 is 5.60 Å². The molecule has 4 heteroatoms. The van der Waals surface area contributed by atoms with Crippen LogP contribution in [-0.2, 0) is 4.74 Å². The van der Waals surface area contributed by atoms with Crippen molar-refractivity contribution >= 4 is 6.09 Å². The summed E-state index contributed by atoms with van der Waals surface area (Å²) in [5.41, 5.74) is -0.436. The number of nitrogens with zero attached hydrogens (tertiary/aromatic N) is 1. The van der Waals surface area contributed by atoms with Gasteiger partial charge in [0.05, 0.1) is 0 Å². The Kier molecular flexibility index (Phi) is 4.19. The highest BCUT2D eigenvalue weighted by Crippen LogP contribution is 2.24. The molecule has 1 fully saturated rings. The molecule has 1 aliphatic heterocycles.